The maximum atomic E-state index is 12.5. The number of ether oxygens (including phenoxy) is 1. The molecule has 0 saturated heterocycles. The standard InChI is InChI=1S/C24H21N5O2/c1-31-22-11-23(26-14-20(22)12-25)29-16-21(15-28-29)24(30)27-13-17-7-9-19(10-8-17)18-5-3-2-4-6-18/h2-7,9,11,14-16H,8,10,13H2,1H3,(H,27,30). The molecule has 1 aliphatic rings. The first-order valence-corrected chi connectivity index (χ1v) is 9.89. The van der Waals surface area contributed by atoms with E-state index in [0.29, 0.717) is 29.2 Å². The Morgan fingerprint density at radius 2 is 2.06 bits per heavy atom. The Kier molecular flexibility index (Phi) is 5.90. The highest BCUT2D eigenvalue weighted by atomic mass is 16.5. The van der Waals surface area contributed by atoms with E-state index < -0.39 is 0 Å². The Labute approximate surface area is 180 Å². The van der Waals surface area contributed by atoms with E-state index in [4.69, 9.17) is 10.00 Å². The molecule has 0 bridgehead atoms. The van der Waals surface area contributed by atoms with Crippen molar-refractivity contribution >= 4 is 11.5 Å². The lowest BCUT2D eigenvalue weighted by molar-refractivity contribution is 0.0956. The van der Waals surface area contributed by atoms with Gasteiger partial charge in [-0.15, -0.1) is 0 Å². The molecule has 0 unspecified atom stereocenters. The molecule has 0 radical (unpaired) electrons. The highest BCUT2D eigenvalue weighted by Gasteiger charge is 2.13. The van der Waals surface area contributed by atoms with E-state index in [1.165, 1.54) is 40.9 Å². The van der Waals surface area contributed by atoms with Crippen molar-refractivity contribution in [3.05, 3.63) is 89.4 Å². The summed E-state index contributed by atoms with van der Waals surface area (Å²) in [4.78, 5) is 16.7. The number of rotatable bonds is 6. The van der Waals surface area contributed by atoms with Crippen LogP contribution in [0.25, 0.3) is 11.4 Å². The van der Waals surface area contributed by atoms with Crippen LogP contribution in [0.5, 0.6) is 5.75 Å². The maximum Gasteiger partial charge on any atom is 0.254 e. The summed E-state index contributed by atoms with van der Waals surface area (Å²) in [5.41, 5.74) is 4.49. The van der Waals surface area contributed by atoms with Gasteiger partial charge in [0.2, 0.25) is 0 Å². The zero-order chi connectivity index (χ0) is 21.6. The van der Waals surface area contributed by atoms with Gasteiger partial charge in [-0.3, -0.25) is 4.79 Å². The van der Waals surface area contributed by atoms with Gasteiger partial charge < -0.3 is 10.1 Å². The van der Waals surface area contributed by atoms with Crippen LogP contribution in [0.2, 0.25) is 0 Å². The predicted octanol–water partition coefficient (Wildman–Crippen LogP) is 3.68. The monoisotopic (exact) mass is 411 g/mol. The van der Waals surface area contributed by atoms with Crippen molar-refractivity contribution in [2.75, 3.05) is 13.7 Å². The van der Waals surface area contributed by atoms with Crippen LogP contribution in [-0.2, 0) is 0 Å². The molecule has 2 heterocycles. The Balaban J connectivity index is 1.39. The van der Waals surface area contributed by atoms with Gasteiger partial charge in [0, 0.05) is 18.8 Å². The van der Waals surface area contributed by atoms with Gasteiger partial charge >= 0.3 is 0 Å². The number of amides is 1. The molecule has 0 atom stereocenters. The second-order valence-corrected chi connectivity index (χ2v) is 7.09. The lowest BCUT2D eigenvalue weighted by Crippen LogP contribution is -2.25. The third-order valence-corrected chi connectivity index (χ3v) is 5.13. The van der Waals surface area contributed by atoms with Gasteiger partial charge in [0.15, 0.2) is 5.82 Å². The van der Waals surface area contributed by atoms with Gasteiger partial charge in [0.25, 0.3) is 5.91 Å². The lowest BCUT2D eigenvalue weighted by atomic mass is 9.93. The van der Waals surface area contributed by atoms with Crippen LogP contribution in [0.15, 0.2) is 72.7 Å². The highest BCUT2D eigenvalue weighted by Crippen LogP contribution is 2.26. The van der Waals surface area contributed by atoms with Gasteiger partial charge in [0.1, 0.15) is 17.4 Å². The summed E-state index contributed by atoms with van der Waals surface area (Å²) in [5.74, 6) is 0.662. The second-order valence-electron chi connectivity index (χ2n) is 7.09. The van der Waals surface area contributed by atoms with Crippen molar-refractivity contribution in [3.63, 3.8) is 0 Å². The van der Waals surface area contributed by atoms with E-state index in [1.807, 2.05) is 24.3 Å². The quantitative estimate of drug-likeness (QED) is 0.668. The van der Waals surface area contributed by atoms with Crippen molar-refractivity contribution in [2.45, 2.75) is 12.8 Å². The first-order valence-electron chi connectivity index (χ1n) is 9.89. The SMILES string of the molecule is COc1cc(-n2cc(C(=O)NCC3=CC=C(c4ccccc4)CC3)cn2)ncc1C#N. The Bertz CT molecular complexity index is 1200. The minimum atomic E-state index is -0.203. The van der Waals surface area contributed by atoms with Crippen LogP contribution < -0.4 is 10.1 Å². The molecular weight excluding hydrogens is 390 g/mol. The number of pyridine rings is 1. The molecule has 31 heavy (non-hydrogen) atoms. The summed E-state index contributed by atoms with van der Waals surface area (Å²) < 4.78 is 6.68. The molecule has 4 rings (SSSR count). The fraction of sp³-hybridized carbons (Fsp3) is 0.167. The van der Waals surface area contributed by atoms with Crippen LogP contribution in [0.3, 0.4) is 0 Å². The van der Waals surface area contributed by atoms with Gasteiger partial charge in [-0.2, -0.15) is 10.4 Å². The number of carbonyl (C=O) groups excluding carboxylic acids is 1. The number of hydrogen-bond acceptors (Lipinski definition) is 5. The van der Waals surface area contributed by atoms with Crippen LogP contribution in [0.1, 0.15) is 34.3 Å². The molecular formula is C24H21N5O2. The Morgan fingerprint density at radius 3 is 2.77 bits per heavy atom. The lowest BCUT2D eigenvalue weighted by Gasteiger charge is -2.15. The van der Waals surface area contributed by atoms with Crippen LogP contribution in [-0.4, -0.2) is 34.3 Å². The van der Waals surface area contributed by atoms with Crippen molar-refractivity contribution in [2.24, 2.45) is 0 Å². The molecule has 0 fully saturated rings. The number of hydrogen-bond donors (Lipinski definition) is 1. The normalized spacial score (nSPS) is 13.0. The third kappa shape index (κ3) is 4.54. The van der Waals surface area contributed by atoms with Gasteiger partial charge in [-0.25, -0.2) is 9.67 Å². The topological polar surface area (TPSA) is 92.8 Å². The molecule has 0 aliphatic heterocycles. The zero-order valence-electron chi connectivity index (χ0n) is 17.1. The summed E-state index contributed by atoms with van der Waals surface area (Å²) >= 11 is 0. The van der Waals surface area contributed by atoms with E-state index in [-0.39, 0.29) is 5.91 Å². The molecule has 1 N–H and O–H groups in total. The van der Waals surface area contributed by atoms with E-state index in [1.54, 1.807) is 12.3 Å². The molecule has 2 aromatic heterocycles. The number of benzene rings is 1. The van der Waals surface area contributed by atoms with Crippen molar-refractivity contribution in [1.82, 2.24) is 20.1 Å². The number of carbonyl (C=O) groups is 1. The average Bonchev–Trinajstić information content (AvgIpc) is 3.33. The van der Waals surface area contributed by atoms with Crippen molar-refractivity contribution < 1.29 is 9.53 Å². The number of aromatic nitrogens is 3. The zero-order valence-corrected chi connectivity index (χ0v) is 17.1. The van der Waals surface area contributed by atoms with Crippen LogP contribution in [0.4, 0.5) is 0 Å². The fourth-order valence-electron chi connectivity index (χ4n) is 3.39. The van der Waals surface area contributed by atoms with Crippen LogP contribution >= 0.6 is 0 Å². The van der Waals surface area contributed by atoms with E-state index in [9.17, 15) is 4.79 Å². The molecule has 1 amide bonds. The van der Waals surface area contributed by atoms with Gasteiger partial charge in [0.05, 0.1) is 25.1 Å². The van der Waals surface area contributed by atoms with E-state index >= 15 is 0 Å². The average molecular weight is 411 g/mol. The first-order chi connectivity index (χ1) is 15.2. The van der Waals surface area contributed by atoms with E-state index in [2.05, 4.69) is 39.7 Å². The largest absolute Gasteiger partial charge is 0.495 e. The summed E-state index contributed by atoms with van der Waals surface area (Å²) in [5, 5.41) is 16.2. The minimum Gasteiger partial charge on any atom is -0.495 e. The van der Waals surface area contributed by atoms with Gasteiger partial charge in [-0.1, -0.05) is 48.1 Å². The predicted molar refractivity (Wildman–Crippen MR) is 117 cm³/mol. The number of allylic oxidation sites excluding steroid dienone is 3. The Morgan fingerprint density at radius 1 is 1.23 bits per heavy atom. The molecule has 3 aromatic rings. The molecule has 7 heteroatoms. The second kappa shape index (κ2) is 9.09. The minimum absolute atomic E-state index is 0.203. The number of nitrogens with one attached hydrogen (secondary N) is 1. The van der Waals surface area contributed by atoms with Crippen molar-refractivity contribution in [1.29, 1.82) is 5.26 Å². The number of nitrogens with zero attached hydrogens (tertiary/aromatic N) is 4. The number of methoxy groups -OCH3 is 1. The third-order valence-electron chi connectivity index (χ3n) is 5.13. The van der Waals surface area contributed by atoms with E-state index in [0.717, 1.165) is 12.8 Å². The summed E-state index contributed by atoms with van der Waals surface area (Å²) in [6.45, 7) is 0.492. The number of nitriles is 1. The molecule has 0 spiro atoms. The van der Waals surface area contributed by atoms with Crippen molar-refractivity contribution in [3.8, 4) is 17.6 Å². The summed E-state index contributed by atoms with van der Waals surface area (Å²) in [7, 11) is 1.49. The smallest absolute Gasteiger partial charge is 0.254 e. The van der Waals surface area contributed by atoms with Gasteiger partial charge in [-0.05, 0) is 24.0 Å². The molecule has 1 aromatic carbocycles. The van der Waals surface area contributed by atoms with Crippen LogP contribution in [0, 0.1) is 11.3 Å². The first kappa shape index (κ1) is 20.1. The fourth-order valence-corrected chi connectivity index (χ4v) is 3.39. The molecule has 154 valence electrons. The summed E-state index contributed by atoms with van der Waals surface area (Å²) in [6, 6.07) is 13.9. The Hall–Kier alpha value is -4.18. The maximum absolute atomic E-state index is 12.5. The highest BCUT2D eigenvalue weighted by molar-refractivity contribution is 5.93. The molecule has 0 saturated carbocycles. The summed E-state index contributed by atoms with van der Waals surface area (Å²) in [6.07, 6.45) is 10.6. The molecule has 1 aliphatic carbocycles. The molecule has 7 nitrogen and oxygen atoms in total.